The number of carbonyl (C=O) groups is 3. The maximum atomic E-state index is 11.0. The lowest BCUT2D eigenvalue weighted by atomic mass is 10.1. The van der Waals surface area contributed by atoms with Crippen molar-refractivity contribution in [3.05, 3.63) is 0 Å². The van der Waals surface area contributed by atoms with Crippen LogP contribution in [0.3, 0.4) is 0 Å². The van der Waals surface area contributed by atoms with Crippen LogP contribution in [0.15, 0.2) is 0 Å². The van der Waals surface area contributed by atoms with Crippen LogP contribution in [0.2, 0.25) is 0 Å². The maximum absolute atomic E-state index is 11.0. The molecule has 0 spiro atoms. The predicted octanol–water partition coefficient (Wildman–Crippen LogP) is 3.46. The van der Waals surface area contributed by atoms with E-state index in [2.05, 4.69) is 11.7 Å². The van der Waals surface area contributed by atoms with E-state index in [1.165, 1.54) is 0 Å². The minimum atomic E-state index is -0.404. The Bertz CT molecular complexity index is 259. The quantitative estimate of drug-likeness (QED) is 0.476. The lowest BCUT2D eigenvalue weighted by Crippen LogP contribution is -2.10. The van der Waals surface area contributed by atoms with Gasteiger partial charge < -0.3 is 9.53 Å². The van der Waals surface area contributed by atoms with E-state index in [4.69, 9.17) is 0 Å². The molecule has 4 heteroatoms. The van der Waals surface area contributed by atoms with Crippen molar-refractivity contribution in [2.75, 3.05) is 6.61 Å². The van der Waals surface area contributed by atoms with Gasteiger partial charge in [-0.2, -0.15) is 0 Å². The van der Waals surface area contributed by atoms with Crippen molar-refractivity contribution in [3.8, 4) is 0 Å². The Morgan fingerprint density at radius 1 is 0.895 bits per heavy atom. The fourth-order valence-electron chi connectivity index (χ4n) is 1.26. The van der Waals surface area contributed by atoms with Gasteiger partial charge in [0.1, 0.15) is 18.0 Å². The van der Waals surface area contributed by atoms with Crippen LogP contribution in [0.5, 0.6) is 0 Å². The van der Waals surface area contributed by atoms with Crippen molar-refractivity contribution >= 4 is 17.5 Å². The van der Waals surface area contributed by atoms with Gasteiger partial charge in [0.05, 0.1) is 6.61 Å². The van der Waals surface area contributed by atoms with Gasteiger partial charge >= 0.3 is 5.97 Å². The zero-order chi connectivity index (χ0) is 15.1. The molecular weight excluding hydrogens is 244 g/mol. The summed E-state index contributed by atoms with van der Waals surface area (Å²) in [7, 11) is 0. The van der Waals surface area contributed by atoms with Gasteiger partial charge in [0.25, 0.3) is 0 Å². The van der Waals surface area contributed by atoms with Crippen LogP contribution in [-0.2, 0) is 19.1 Å². The van der Waals surface area contributed by atoms with E-state index in [0.717, 1.165) is 32.1 Å². The minimum absolute atomic E-state index is 0.0182. The molecule has 0 rings (SSSR count). The SMILES string of the molecule is CCCCC(=O)CC(=O)OCC.CCCCC(C)=O. The van der Waals surface area contributed by atoms with Crippen LogP contribution >= 0.6 is 0 Å². The Kier molecular flexibility index (Phi) is 15.8. The molecule has 0 aromatic rings. The highest BCUT2D eigenvalue weighted by Crippen LogP contribution is 1.99. The van der Waals surface area contributed by atoms with E-state index in [-0.39, 0.29) is 12.2 Å². The van der Waals surface area contributed by atoms with Gasteiger partial charge in [0, 0.05) is 12.8 Å². The second-order valence-corrected chi connectivity index (χ2v) is 4.43. The number of unbranched alkanes of at least 4 members (excludes halogenated alkanes) is 2. The predicted molar refractivity (Wildman–Crippen MR) is 76.0 cm³/mol. The van der Waals surface area contributed by atoms with Crippen molar-refractivity contribution in [2.45, 2.75) is 72.6 Å². The van der Waals surface area contributed by atoms with Gasteiger partial charge in [0.2, 0.25) is 0 Å². The summed E-state index contributed by atoms with van der Waals surface area (Å²) in [5.74, 6) is -0.115. The Morgan fingerprint density at radius 3 is 1.79 bits per heavy atom. The fourth-order valence-corrected chi connectivity index (χ4v) is 1.26. The number of Topliss-reactive ketones (excluding diaryl/α,β-unsaturated/α-hetero) is 2. The lowest BCUT2D eigenvalue weighted by molar-refractivity contribution is -0.145. The third-order valence-corrected chi connectivity index (χ3v) is 2.34. The number of esters is 1. The number of rotatable bonds is 9. The van der Waals surface area contributed by atoms with Crippen molar-refractivity contribution in [1.29, 1.82) is 0 Å². The summed E-state index contributed by atoms with van der Waals surface area (Å²) < 4.78 is 4.63. The molecular formula is C15H28O4. The monoisotopic (exact) mass is 272 g/mol. The summed E-state index contributed by atoms with van der Waals surface area (Å²) in [4.78, 5) is 32.0. The van der Waals surface area contributed by atoms with Gasteiger partial charge in [-0.1, -0.05) is 26.7 Å². The zero-order valence-corrected chi connectivity index (χ0v) is 12.8. The van der Waals surface area contributed by atoms with Crippen LogP contribution in [0.1, 0.15) is 72.6 Å². The molecule has 0 aromatic carbocycles. The molecule has 0 saturated carbocycles. The third-order valence-electron chi connectivity index (χ3n) is 2.34. The Hall–Kier alpha value is -1.19. The first-order valence-corrected chi connectivity index (χ1v) is 7.14. The first kappa shape index (κ1) is 20.1. The standard InChI is InChI=1S/C9H16O3.C6H12O/c1-3-5-6-8(10)7-9(11)12-4-2;1-3-4-5-6(2)7/h3-7H2,1-2H3;3-5H2,1-2H3. The van der Waals surface area contributed by atoms with E-state index in [1.54, 1.807) is 13.8 Å². The first-order valence-electron chi connectivity index (χ1n) is 7.14. The molecule has 0 radical (unpaired) electrons. The van der Waals surface area contributed by atoms with Gasteiger partial charge in [-0.15, -0.1) is 0 Å². The lowest BCUT2D eigenvalue weighted by Gasteiger charge is -1.99. The number of ketones is 2. The van der Waals surface area contributed by atoms with Gasteiger partial charge in [-0.3, -0.25) is 9.59 Å². The topological polar surface area (TPSA) is 60.4 Å². The molecule has 0 aliphatic carbocycles. The largest absolute Gasteiger partial charge is 0.466 e. The minimum Gasteiger partial charge on any atom is -0.466 e. The molecule has 0 bridgehead atoms. The highest BCUT2D eigenvalue weighted by Gasteiger charge is 2.08. The Balaban J connectivity index is 0. The molecule has 0 aromatic heterocycles. The molecule has 0 atom stereocenters. The van der Waals surface area contributed by atoms with Gasteiger partial charge in [-0.25, -0.2) is 0 Å². The fraction of sp³-hybridized carbons (Fsp3) is 0.800. The van der Waals surface area contributed by atoms with Crippen molar-refractivity contribution in [2.24, 2.45) is 0 Å². The van der Waals surface area contributed by atoms with Crippen LogP contribution < -0.4 is 0 Å². The molecule has 0 aliphatic heterocycles. The number of ether oxygens (including phenoxy) is 1. The molecule has 0 heterocycles. The van der Waals surface area contributed by atoms with Gasteiger partial charge in [0.15, 0.2) is 0 Å². The smallest absolute Gasteiger partial charge is 0.313 e. The summed E-state index contributed by atoms with van der Waals surface area (Å²) >= 11 is 0. The van der Waals surface area contributed by atoms with Crippen molar-refractivity contribution in [3.63, 3.8) is 0 Å². The Morgan fingerprint density at radius 2 is 1.42 bits per heavy atom. The van der Waals surface area contributed by atoms with E-state index in [9.17, 15) is 14.4 Å². The number of hydrogen-bond acceptors (Lipinski definition) is 4. The summed E-state index contributed by atoms with van der Waals surface area (Å²) in [6.07, 6.45) is 5.21. The summed E-state index contributed by atoms with van der Waals surface area (Å²) in [5.41, 5.74) is 0. The Labute approximate surface area is 116 Å². The molecule has 0 unspecified atom stereocenters. The van der Waals surface area contributed by atoms with E-state index < -0.39 is 5.97 Å². The molecule has 0 amide bonds. The average molecular weight is 272 g/mol. The summed E-state index contributed by atoms with van der Waals surface area (Å²) in [6.45, 7) is 7.81. The number of carbonyl (C=O) groups excluding carboxylic acids is 3. The molecule has 0 fully saturated rings. The van der Waals surface area contributed by atoms with E-state index in [1.807, 2.05) is 6.92 Å². The maximum Gasteiger partial charge on any atom is 0.313 e. The molecule has 19 heavy (non-hydrogen) atoms. The first-order chi connectivity index (χ1) is 8.97. The summed E-state index contributed by atoms with van der Waals surface area (Å²) in [5, 5.41) is 0. The normalized spacial score (nSPS) is 9.26. The van der Waals surface area contributed by atoms with E-state index >= 15 is 0 Å². The van der Waals surface area contributed by atoms with Gasteiger partial charge in [-0.05, 0) is 26.7 Å². The van der Waals surface area contributed by atoms with Crippen molar-refractivity contribution < 1.29 is 19.1 Å². The summed E-state index contributed by atoms with van der Waals surface area (Å²) in [6, 6.07) is 0. The van der Waals surface area contributed by atoms with Crippen LogP contribution in [0.25, 0.3) is 0 Å². The second-order valence-electron chi connectivity index (χ2n) is 4.43. The average Bonchev–Trinajstić information content (AvgIpc) is 2.34. The molecule has 0 aliphatic rings. The highest BCUT2D eigenvalue weighted by atomic mass is 16.5. The molecule has 0 saturated heterocycles. The molecule has 0 N–H and O–H groups in total. The second kappa shape index (κ2) is 14.9. The zero-order valence-electron chi connectivity index (χ0n) is 12.8. The van der Waals surface area contributed by atoms with Crippen molar-refractivity contribution in [1.82, 2.24) is 0 Å². The van der Waals surface area contributed by atoms with Crippen LogP contribution in [-0.4, -0.2) is 24.1 Å². The van der Waals surface area contributed by atoms with Crippen LogP contribution in [0.4, 0.5) is 0 Å². The van der Waals surface area contributed by atoms with Crippen LogP contribution in [0, 0.1) is 0 Å². The highest BCUT2D eigenvalue weighted by molar-refractivity contribution is 5.95. The molecule has 112 valence electrons. The third kappa shape index (κ3) is 19.3. The molecule has 4 nitrogen and oxygen atoms in total. The number of hydrogen-bond donors (Lipinski definition) is 0. The van der Waals surface area contributed by atoms with E-state index in [0.29, 0.717) is 18.8 Å².